The van der Waals surface area contributed by atoms with E-state index in [1.807, 2.05) is 0 Å². The Morgan fingerprint density at radius 2 is 1.62 bits per heavy atom. The molecular formula is C28H24ClN3O4S. The van der Waals surface area contributed by atoms with Crippen molar-refractivity contribution in [2.45, 2.75) is 18.4 Å². The summed E-state index contributed by atoms with van der Waals surface area (Å²) in [4.78, 5) is 12.7. The lowest BCUT2D eigenvalue weighted by Gasteiger charge is -2.26. The van der Waals surface area contributed by atoms with Gasteiger partial charge in [0.2, 0.25) is 0 Å². The van der Waals surface area contributed by atoms with Gasteiger partial charge < -0.3 is 5.11 Å². The van der Waals surface area contributed by atoms with E-state index in [0.29, 0.717) is 33.0 Å². The maximum atomic E-state index is 13.6. The van der Waals surface area contributed by atoms with Crippen molar-refractivity contribution in [3.8, 4) is 5.75 Å². The maximum Gasteiger partial charge on any atom is 0.271 e. The van der Waals surface area contributed by atoms with E-state index in [1.54, 1.807) is 97.9 Å². The molecule has 0 saturated heterocycles. The quantitative estimate of drug-likeness (QED) is 0.230. The highest BCUT2D eigenvalue weighted by Gasteiger charge is 2.27. The molecule has 0 aliphatic carbocycles. The van der Waals surface area contributed by atoms with Gasteiger partial charge in [0.05, 0.1) is 23.3 Å². The van der Waals surface area contributed by atoms with Crippen molar-refractivity contribution in [2.75, 3.05) is 4.31 Å². The summed E-state index contributed by atoms with van der Waals surface area (Å²) in [6.45, 7) is 1.81. The van der Waals surface area contributed by atoms with Crippen molar-refractivity contribution in [1.29, 1.82) is 0 Å². The number of rotatable bonds is 8. The minimum atomic E-state index is -3.90. The fourth-order valence-corrected chi connectivity index (χ4v) is 5.34. The molecule has 0 aromatic heterocycles. The van der Waals surface area contributed by atoms with Gasteiger partial charge in [0.25, 0.3) is 15.9 Å². The number of nitrogens with one attached hydrogen (secondary N) is 1. The number of hydrogen-bond donors (Lipinski definition) is 2. The molecule has 0 aliphatic rings. The van der Waals surface area contributed by atoms with E-state index in [-0.39, 0.29) is 17.2 Å². The highest BCUT2D eigenvalue weighted by atomic mass is 35.5. The minimum absolute atomic E-state index is 0.0335. The number of carbonyl (C=O) groups is 1. The molecule has 0 heterocycles. The Hall–Kier alpha value is -4.14. The fourth-order valence-electron chi connectivity index (χ4n) is 3.63. The van der Waals surface area contributed by atoms with Crippen molar-refractivity contribution in [1.82, 2.24) is 5.43 Å². The summed E-state index contributed by atoms with van der Waals surface area (Å²) in [6, 6.07) is 26.5. The predicted octanol–water partition coefficient (Wildman–Crippen LogP) is 5.51. The van der Waals surface area contributed by atoms with Gasteiger partial charge in [-0.15, -0.1) is 0 Å². The molecule has 0 atom stereocenters. The van der Waals surface area contributed by atoms with Crippen molar-refractivity contribution >= 4 is 39.4 Å². The van der Waals surface area contributed by atoms with E-state index in [0.717, 1.165) is 0 Å². The fraction of sp³-hybridized carbons (Fsp3) is 0.0714. The van der Waals surface area contributed by atoms with Crippen molar-refractivity contribution in [3.05, 3.63) is 124 Å². The van der Waals surface area contributed by atoms with Crippen LogP contribution in [0.2, 0.25) is 5.02 Å². The van der Waals surface area contributed by atoms with Crippen LogP contribution in [-0.4, -0.2) is 25.6 Å². The molecule has 9 heteroatoms. The molecule has 1 amide bonds. The van der Waals surface area contributed by atoms with E-state index in [1.165, 1.54) is 16.6 Å². The van der Waals surface area contributed by atoms with E-state index < -0.39 is 15.9 Å². The highest BCUT2D eigenvalue weighted by molar-refractivity contribution is 7.92. The van der Waals surface area contributed by atoms with Crippen LogP contribution < -0.4 is 9.73 Å². The molecule has 0 bridgehead atoms. The third-order valence-electron chi connectivity index (χ3n) is 5.69. The Morgan fingerprint density at radius 3 is 2.32 bits per heavy atom. The van der Waals surface area contributed by atoms with E-state index in [9.17, 15) is 18.3 Å². The molecule has 0 saturated carbocycles. The van der Waals surface area contributed by atoms with Gasteiger partial charge in [0.15, 0.2) is 0 Å². The molecule has 37 heavy (non-hydrogen) atoms. The number of phenols is 1. The monoisotopic (exact) mass is 533 g/mol. The number of hydrogen-bond acceptors (Lipinski definition) is 5. The van der Waals surface area contributed by atoms with Crippen molar-refractivity contribution < 1.29 is 18.3 Å². The Bertz CT molecular complexity index is 1540. The number of aromatic hydroxyl groups is 1. The summed E-state index contributed by atoms with van der Waals surface area (Å²) in [7, 11) is -3.90. The van der Waals surface area contributed by atoms with Crippen LogP contribution in [0.25, 0.3) is 0 Å². The molecule has 0 spiro atoms. The first-order valence-electron chi connectivity index (χ1n) is 11.3. The maximum absolute atomic E-state index is 13.6. The number of carbonyl (C=O) groups excluding carboxylic acids is 1. The van der Waals surface area contributed by atoms with Crippen LogP contribution in [0.1, 0.15) is 27.0 Å². The Morgan fingerprint density at radius 1 is 0.946 bits per heavy atom. The van der Waals surface area contributed by atoms with Gasteiger partial charge in [-0.2, -0.15) is 5.10 Å². The summed E-state index contributed by atoms with van der Waals surface area (Å²) < 4.78 is 28.6. The summed E-state index contributed by atoms with van der Waals surface area (Å²) >= 11 is 6.31. The second-order valence-electron chi connectivity index (χ2n) is 8.16. The van der Waals surface area contributed by atoms with Gasteiger partial charge in [-0.3, -0.25) is 9.10 Å². The van der Waals surface area contributed by atoms with E-state index in [4.69, 9.17) is 11.6 Å². The molecule has 4 rings (SSSR count). The van der Waals surface area contributed by atoms with Crippen LogP contribution in [-0.2, 0) is 16.6 Å². The topological polar surface area (TPSA) is 99.1 Å². The number of nitrogens with zero attached hydrogens (tertiary/aromatic N) is 2. The number of anilines is 1. The standard InChI is InChI=1S/C28H24ClN3O4S/c1-20-25(29)11-7-12-26(20)32(37(35,36)24-9-3-2-4-10-24)19-21-14-16-22(17-15-21)28(34)31-30-18-23-8-5-6-13-27(23)33/h2-18,33H,19H2,1H3,(H,31,34)/b30-18-. The van der Waals surface area contributed by atoms with E-state index >= 15 is 0 Å². The smallest absolute Gasteiger partial charge is 0.271 e. The molecule has 0 aliphatic heterocycles. The molecule has 0 radical (unpaired) electrons. The second-order valence-corrected chi connectivity index (χ2v) is 10.4. The predicted molar refractivity (Wildman–Crippen MR) is 146 cm³/mol. The number of hydrazone groups is 1. The van der Waals surface area contributed by atoms with Crippen molar-refractivity contribution in [2.24, 2.45) is 5.10 Å². The Kier molecular flexibility index (Phi) is 7.91. The van der Waals surface area contributed by atoms with E-state index in [2.05, 4.69) is 10.5 Å². The summed E-state index contributed by atoms with van der Waals surface area (Å²) in [6.07, 6.45) is 1.35. The number of sulfonamides is 1. The summed E-state index contributed by atoms with van der Waals surface area (Å²) in [5.74, 6) is -0.396. The third-order valence-corrected chi connectivity index (χ3v) is 7.87. The molecule has 2 N–H and O–H groups in total. The Labute approximate surface area is 220 Å². The summed E-state index contributed by atoms with van der Waals surface area (Å²) in [5, 5.41) is 14.1. The number of benzene rings is 4. The third kappa shape index (κ3) is 5.99. The van der Waals surface area contributed by atoms with Gasteiger partial charge in [-0.05, 0) is 66.6 Å². The molecule has 7 nitrogen and oxygen atoms in total. The number of phenolic OH excluding ortho intramolecular Hbond substituents is 1. The normalized spacial score (nSPS) is 11.4. The first-order chi connectivity index (χ1) is 17.8. The molecular weight excluding hydrogens is 510 g/mol. The van der Waals surface area contributed by atoms with Gasteiger partial charge in [-0.25, -0.2) is 13.8 Å². The Balaban J connectivity index is 1.57. The molecule has 188 valence electrons. The lowest BCUT2D eigenvalue weighted by atomic mass is 10.1. The van der Waals surface area contributed by atoms with Crippen LogP contribution in [0.3, 0.4) is 0 Å². The highest BCUT2D eigenvalue weighted by Crippen LogP contribution is 2.32. The number of halogens is 1. The summed E-state index contributed by atoms with van der Waals surface area (Å²) in [5.41, 5.74) is 5.01. The molecule has 0 fully saturated rings. The van der Waals surface area contributed by atoms with Crippen molar-refractivity contribution in [3.63, 3.8) is 0 Å². The van der Waals surface area contributed by atoms with Crippen LogP contribution in [0.15, 0.2) is 107 Å². The molecule has 4 aromatic carbocycles. The zero-order valence-electron chi connectivity index (χ0n) is 19.9. The first kappa shape index (κ1) is 25.9. The van der Waals surface area contributed by atoms with Gasteiger partial charge in [-0.1, -0.05) is 60.1 Å². The SMILES string of the molecule is Cc1c(Cl)cccc1N(Cc1ccc(C(=O)N/N=C\c2ccccc2O)cc1)S(=O)(=O)c1ccccc1. The lowest BCUT2D eigenvalue weighted by molar-refractivity contribution is 0.0955. The molecule has 0 unspecified atom stereocenters. The number of para-hydroxylation sites is 1. The molecule has 4 aromatic rings. The van der Waals surface area contributed by atoms with Crippen LogP contribution >= 0.6 is 11.6 Å². The average Bonchev–Trinajstić information content (AvgIpc) is 2.91. The zero-order chi connectivity index (χ0) is 26.4. The first-order valence-corrected chi connectivity index (χ1v) is 13.1. The number of amides is 1. The van der Waals surface area contributed by atoms with Crippen LogP contribution in [0, 0.1) is 6.92 Å². The van der Waals surface area contributed by atoms with Gasteiger partial charge in [0, 0.05) is 16.1 Å². The average molecular weight is 534 g/mol. The van der Waals surface area contributed by atoms with Gasteiger partial charge >= 0.3 is 0 Å². The second kappa shape index (κ2) is 11.3. The minimum Gasteiger partial charge on any atom is -0.507 e. The van der Waals surface area contributed by atoms with Crippen LogP contribution in [0.5, 0.6) is 5.75 Å². The largest absolute Gasteiger partial charge is 0.507 e. The van der Waals surface area contributed by atoms with Gasteiger partial charge in [0.1, 0.15) is 5.75 Å². The lowest BCUT2D eigenvalue weighted by Crippen LogP contribution is -2.31. The van der Waals surface area contributed by atoms with Crippen LogP contribution in [0.4, 0.5) is 5.69 Å². The zero-order valence-corrected chi connectivity index (χ0v) is 21.4.